The molecule has 1 unspecified atom stereocenters. The molecule has 30 heavy (non-hydrogen) atoms. The number of unbranched alkanes of at least 4 members (excludes halogenated alkanes) is 8. The van der Waals surface area contributed by atoms with Gasteiger partial charge in [-0.05, 0) is 64.0 Å². The summed E-state index contributed by atoms with van der Waals surface area (Å²) in [6.07, 6.45) is 17.8. The summed E-state index contributed by atoms with van der Waals surface area (Å²) in [5.41, 5.74) is 7.29. The Kier molecular flexibility index (Phi) is 12.7. The molecule has 1 atom stereocenters. The summed E-state index contributed by atoms with van der Waals surface area (Å²) >= 11 is 0. The second-order valence-corrected chi connectivity index (χ2v) is 13.6. The van der Waals surface area contributed by atoms with Crippen molar-refractivity contribution in [1.29, 1.82) is 0 Å². The van der Waals surface area contributed by atoms with Gasteiger partial charge in [-0.3, -0.25) is 0 Å². The lowest BCUT2D eigenvalue weighted by Gasteiger charge is -2.44. The van der Waals surface area contributed by atoms with Crippen LogP contribution >= 0.6 is 0 Å². The van der Waals surface area contributed by atoms with Crippen LogP contribution in [0.5, 0.6) is 0 Å². The Balaban J connectivity index is 3.10. The summed E-state index contributed by atoms with van der Waals surface area (Å²) in [7, 11) is -0.945. The molecule has 0 saturated heterocycles. The van der Waals surface area contributed by atoms with Crippen LogP contribution in [0, 0.1) is 5.92 Å². The highest BCUT2D eigenvalue weighted by molar-refractivity contribution is 6.53. The van der Waals surface area contributed by atoms with E-state index in [0.29, 0.717) is 5.92 Å². The fraction of sp³-hybridized carbons (Fsp3) is 0.857. The molecule has 1 nitrogen and oxygen atoms in total. The molecule has 0 aromatic heterocycles. The van der Waals surface area contributed by atoms with Gasteiger partial charge < -0.3 is 4.57 Å². The summed E-state index contributed by atoms with van der Waals surface area (Å²) in [6.45, 7) is 21.9. The van der Waals surface area contributed by atoms with Crippen molar-refractivity contribution in [2.45, 2.75) is 151 Å². The minimum Gasteiger partial charge on any atom is -0.399 e. The molecular formula is C28H55NSi. The number of hydrogen-bond donors (Lipinski definition) is 0. The van der Waals surface area contributed by atoms with Crippen molar-refractivity contribution in [3.63, 3.8) is 0 Å². The van der Waals surface area contributed by atoms with E-state index in [2.05, 4.69) is 66.1 Å². The van der Waals surface area contributed by atoms with Crippen molar-refractivity contribution in [1.82, 2.24) is 4.57 Å². The lowest BCUT2D eigenvalue weighted by atomic mass is 9.91. The highest BCUT2D eigenvalue weighted by Crippen LogP contribution is 2.46. The van der Waals surface area contributed by atoms with E-state index in [9.17, 15) is 0 Å². The SMILES string of the molecule is CCCCCCCCC1=C(CCCCCC)C(CC)=C(N([SiH](C)C)C(C)(C)C)C1C. The average molecular weight is 434 g/mol. The first-order chi connectivity index (χ1) is 14.2. The molecule has 0 amide bonds. The van der Waals surface area contributed by atoms with Crippen LogP contribution in [0.3, 0.4) is 0 Å². The zero-order valence-electron chi connectivity index (χ0n) is 22.3. The van der Waals surface area contributed by atoms with Crippen LogP contribution < -0.4 is 0 Å². The normalized spacial score (nSPS) is 17.6. The van der Waals surface area contributed by atoms with E-state index in [4.69, 9.17) is 0 Å². The lowest BCUT2D eigenvalue weighted by Crippen LogP contribution is -2.48. The third kappa shape index (κ3) is 7.88. The van der Waals surface area contributed by atoms with Gasteiger partial charge in [0, 0.05) is 17.2 Å². The van der Waals surface area contributed by atoms with E-state index >= 15 is 0 Å². The topological polar surface area (TPSA) is 3.24 Å². The highest BCUT2D eigenvalue weighted by Gasteiger charge is 2.37. The van der Waals surface area contributed by atoms with Crippen molar-refractivity contribution in [3.8, 4) is 0 Å². The minimum atomic E-state index is -0.945. The Morgan fingerprint density at radius 2 is 1.23 bits per heavy atom. The van der Waals surface area contributed by atoms with E-state index in [1.165, 1.54) is 83.5 Å². The Labute approximate surface area is 192 Å². The third-order valence-corrected chi connectivity index (χ3v) is 9.01. The Bertz CT molecular complexity index is 549. The molecule has 0 aromatic rings. The Hall–Kier alpha value is -0.503. The molecular weight excluding hydrogens is 378 g/mol. The van der Waals surface area contributed by atoms with Gasteiger partial charge in [0.25, 0.3) is 0 Å². The van der Waals surface area contributed by atoms with Crippen LogP contribution in [-0.2, 0) is 0 Å². The second kappa shape index (κ2) is 13.8. The molecule has 1 rings (SSSR count). The van der Waals surface area contributed by atoms with Crippen LogP contribution in [0.15, 0.2) is 22.4 Å². The fourth-order valence-corrected chi connectivity index (χ4v) is 8.19. The van der Waals surface area contributed by atoms with Gasteiger partial charge in [-0.2, -0.15) is 0 Å². The fourth-order valence-electron chi connectivity index (χ4n) is 5.70. The second-order valence-electron chi connectivity index (χ2n) is 10.9. The van der Waals surface area contributed by atoms with Crippen LogP contribution in [0.4, 0.5) is 0 Å². The Morgan fingerprint density at radius 3 is 1.73 bits per heavy atom. The first kappa shape index (κ1) is 27.5. The molecule has 0 aliphatic heterocycles. The molecule has 0 bridgehead atoms. The summed E-state index contributed by atoms with van der Waals surface area (Å²) in [4.78, 5) is 0. The lowest BCUT2D eigenvalue weighted by molar-refractivity contribution is 0.281. The van der Waals surface area contributed by atoms with Gasteiger partial charge in [0.05, 0.1) is 0 Å². The zero-order chi connectivity index (χ0) is 22.7. The van der Waals surface area contributed by atoms with Gasteiger partial charge in [-0.15, -0.1) is 0 Å². The molecule has 0 spiro atoms. The van der Waals surface area contributed by atoms with Gasteiger partial charge >= 0.3 is 0 Å². The number of nitrogens with zero attached hydrogens (tertiary/aromatic N) is 1. The molecule has 0 heterocycles. The van der Waals surface area contributed by atoms with Gasteiger partial charge in [0.1, 0.15) is 8.96 Å². The Morgan fingerprint density at radius 1 is 0.733 bits per heavy atom. The zero-order valence-corrected chi connectivity index (χ0v) is 23.4. The van der Waals surface area contributed by atoms with E-state index in [0.717, 1.165) is 0 Å². The van der Waals surface area contributed by atoms with Crippen molar-refractivity contribution in [2.24, 2.45) is 5.92 Å². The molecule has 0 radical (unpaired) electrons. The van der Waals surface area contributed by atoms with Gasteiger partial charge in [-0.1, -0.05) is 97.7 Å². The van der Waals surface area contributed by atoms with Gasteiger partial charge in [0.2, 0.25) is 0 Å². The highest BCUT2D eigenvalue weighted by atomic mass is 28.3. The molecule has 1 aliphatic rings. The van der Waals surface area contributed by atoms with E-state index in [-0.39, 0.29) is 5.54 Å². The molecule has 0 aromatic carbocycles. The van der Waals surface area contributed by atoms with E-state index < -0.39 is 8.96 Å². The summed E-state index contributed by atoms with van der Waals surface area (Å²) in [6, 6.07) is 0. The predicted octanol–water partition coefficient (Wildman–Crippen LogP) is 9.40. The number of rotatable bonds is 15. The molecule has 0 N–H and O–H groups in total. The maximum atomic E-state index is 2.89. The number of allylic oxidation sites excluding steroid dienone is 3. The minimum absolute atomic E-state index is 0.229. The van der Waals surface area contributed by atoms with Crippen LogP contribution in [0.25, 0.3) is 0 Å². The first-order valence-corrected chi connectivity index (χ1v) is 16.3. The molecule has 0 fully saturated rings. The van der Waals surface area contributed by atoms with Crippen LogP contribution in [0.1, 0.15) is 132 Å². The van der Waals surface area contributed by atoms with E-state index in [1.54, 1.807) is 16.8 Å². The average Bonchev–Trinajstić information content (AvgIpc) is 2.91. The predicted molar refractivity (Wildman–Crippen MR) is 141 cm³/mol. The maximum Gasteiger partial charge on any atom is 0.134 e. The van der Waals surface area contributed by atoms with Crippen LogP contribution in [-0.4, -0.2) is 19.1 Å². The molecule has 0 saturated carbocycles. The van der Waals surface area contributed by atoms with Gasteiger partial charge in [0.15, 0.2) is 0 Å². The first-order valence-electron chi connectivity index (χ1n) is 13.4. The third-order valence-electron chi connectivity index (χ3n) is 6.93. The number of hydrogen-bond acceptors (Lipinski definition) is 1. The monoisotopic (exact) mass is 433 g/mol. The van der Waals surface area contributed by atoms with Gasteiger partial charge in [-0.25, -0.2) is 0 Å². The largest absolute Gasteiger partial charge is 0.399 e. The van der Waals surface area contributed by atoms with Crippen molar-refractivity contribution in [3.05, 3.63) is 22.4 Å². The van der Waals surface area contributed by atoms with Crippen LogP contribution in [0.2, 0.25) is 13.1 Å². The molecule has 1 aliphatic carbocycles. The van der Waals surface area contributed by atoms with Crippen molar-refractivity contribution in [2.75, 3.05) is 0 Å². The van der Waals surface area contributed by atoms with Crippen molar-refractivity contribution >= 4 is 8.96 Å². The van der Waals surface area contributed by atoms with E-state index in [1.807, 2.05) is 5.57 Å². The summed E-state index contributed by atoms with van der Waals surface area (Å²) < 4.78 is 2.89. The summed E-state index contributed by atoms with van der Waals surface area (Å²) in [5, 5.41) is 0. The van der Waals surface area contributed by atoms with Crippen molar-refractivity contribution < 1.29 is 0 Å². The molecule has 176 valence electrons. The molecule has 2 heteroatoms. The maximum absolute atomic E-state index is 2.89. The standard InChI is InChI=1S/C28H55NSi/c1-10-13-15-17-18-20-21-25-23(4)27(29(30(8)9)28(5,6)7)24(12-3)26(25)22-19-16-14-11-2/h23,30H,10-22H2,1-9H3. The quantitative estimate of drug-likeness (QED) is 0.183. The smallest absolute Gasteiger partial charge is 0.134 e. The summed E-state index contributed by atoms with van der Waals surface area (Å²) in [5.74, 6) is 0.630.